The Balaban J connectivity index is 2.54. The largest absolute Gasteiger partial charge is 0.393 e. The van der Waals surface area contributed by atoms with Crippen molar-refractivity contribution in [1.29, 1.82) is 0 Å². The fourth-order valence-electron chi connectivity index (χ4n) is 1.31. The number of aliphatic hydroxyl groups is 1. The molecule has 0 aromatic rings. The predicted octanol–water partition coefficient (Wildman–Crippen LogP) is 1.56. The molecular formula is C7H14O. The van der Waals surface area contributed by atoms with E-state index < -0.39 is 0 Å². The molecule has 0 heterocycles. The summed E-state index contributed by atoms with van der Waals surface area (Å²) in [6, 6.07) is 0. The Labute approximate surface area is 50.7 Å². The molecule has 1 heteroatoms. The van der Waals surface area contributed by atoms with Gasteiger partial charge in [-0.2, -0.15) is 0 Å². The highest BCUT2D eigenvalue weighted by Crippen LogP contribution is 2.36. The Kier molecular flexibility index (Phi) is 1.31. The summed E-state index contributed by atoms with van der Waals surface area (Å²) in [4.78, 5) is 0. The van der Waals surface area contributed by atoms with Crippen LogP contribution in [-0.2, 0) is 0 Å². The SMILES string of the molecule is CC1(C)CCC[C@@H]1O. The molecule has 0 spiro atoms. The molecule has 0 aliphatic heterocycles. The van der Waals surface area contributed by atoms with Gasteiger partial charge in [-0.3, -0.25) is 0 Å². The van der Waals surface area contributed by atoms with Crippen LogP contribution in [0.15, 0.2) is 0 Å². The number of rotatable bonds is 0. The van der Waals surface area contributed by atoms with E-state index in [1.807, 2.05) is 0 Å². The summed E-state index contributed by atoms with van der Waals surface area (Å²) in [6.45, 7) is 4.26. The van der Waals surface area contributed by atoms with Crippen molar-refractivity contribution < 1.29 is 5.11 Å². The van der Waals surface area contributed by atoms with Crippen LogP contribution in [0.4, 0.5) is 0 Å². The van der Waals surface area contributed by atoms with E-state index in [0.29, 0.717) is 0 Å². The van der Waals surface area contributed by atoms with Crippen LogP contribution in [0.1, 0.15) is 33.1 Å². The van der Waals surface area contributed by atoms with Crippen molar-refractivity contribution in [3.05, 3.63) is 0 Å². The Morgan fingerprint density at radius 3 is 2.25 bits per heavy atom. The van der Waals surface area contributed by atoms with Gasteiger partial charge in [-0.15, -0.1) is 0 Å². The van der Waals surface area contributed by atoms with Crippen LogP contribution in [0.3, 0.4) is 0 Å². The third-order valence-electron chi connectivity index (χ3n) is 2.20. The molecule has 0 radical (unpaired) electrons. The highest BCUT2D eigenvalue weighted by Gasteiger charge is 2.32. The zero-order valence-electron chi connectivity index (χ0n) is 5.65. The predicted molar refractivity (Wildman–Crippen MR) is 33.6 cm³/mol. The molecule has 48 valence electrons. The molecule has 0 aromatic heterocycles. The van der Waals surface area contributed by atoms with E-state index in [2.05, 4.69) is 13.8 Å². The average molecular weight is 114 g/mol. The Morgan fingerprint density at radius 1 is 1.50 bits per heavy atom. The van der Waals surface area contributed by atoms with Gasteiger partial charge >= 0.3 is 0 Å². The monoisotopic (exact) mass is 114 g/mol. The molecule has 1 aliphatic carbocycles. The first-order valence-electron chi connectivity index (χ1n) is 3.31. The summed E-state index contributed by atoms with van der Waals surface area (Å²) in [5, 5.41) is 9.26. The molecule has 1 saturated carbocycles. The molecule has 1 fully saturated rings. The van der Waals surface area contributed by atoms with Gasteiger partial charge < -0.3 is 5.11 Å². The second-order valence-electron chi connectivity index (χ2n) is 3.40. The highest BCUT2D eigenvalue weighted by molar-refractivity contribution is 4.83. The summed E-state index contributed by atoms with van der Waals surface area (Å²) in [7, 11) is 0. The normalized spacial score (nSPS) is 35.6. The van der Waals surface area contributed by atoms with Gasteiger partial charge in [0.05, 0.1) is 6.10 Å². The van der Waals surface area contributed by atoms with Gasteiger partial charge in [0.2, 0.25) is 0 Å². The summed E-state index contributed by atoms with van der Waals surface area (Å²) in [5.41, 5.74) is 0.208. The van der Waals surface area contributed by atoms with Gasteiger partial charge in [0.1, 0.15) is 0 Å². The van der Waals surface area contributed by atoms with Crippen molar-refractivity contribution in [2.75, 3.05) is 0 Å². The van der Waals surface area contributed by atoms with Crippen LogP contribution in [0.5, 0.6) is 0 Å². The Hall–Kier alpha value is -0.0400. The topological polar surface area (TPSA) is 20.2 Å². The molecule has 8 heavy (non-hydrogen) atoms. The van der Waals surface area contributed by atoms with Crippen LogP contribution in [0.2, 0.25) is 0 Å². The maximum absolute atomic E-state index is 9.26. The lowest BCUT2D eigenvalue weighted by Gasteiger charge is -2.21. The van der Waals surface area contributed by atoms with Crippen LogP contribution in [0, 0.1) is 5.41 Å². The second-order valence-corrected chi connectivity index (χ2v) is 3.40. The van der Waals surface area contributed by atoms with Gasteiger partial charge in [-0.1, -0.05) is 20.3 Å². The zero-order chi connectivity index (χ0) is 6.20. The summed E-state index contributed by atoms with van der Waals surface area (Å²) in [6.07, 6.45) is 3.36. The first kappa shape index (κ1) is 6.09. The molecule has 1 nitrogen and oxygen atoms in total. The number of hydrogen-bond acceptors (Lipinski definition) is 1. The van der Waals surface area contributed by atoms with Gasteiger partial charge in [0, 0.05) is 0 Å². The fraction of sp³-hybridized carbons (Fsp3) is 1.00. The Bertz CT molecular complexity index is 86.4. The third-order valence-corrected chi connectivity index (χ3v) is 2.20. The standard InChI is InChI=1S/C7H14O/c1-7(2)5-3-4-6(7)8/h6,8H,3-5H2,1-2H3/t6-/m0/s1. The molecule has 0 saturated heterocycles. The van der Waals surface area contributed by atoms with Gasteiger partial charge in [-0.25, -0.2) is 0 Å². The van der Waals surface area contributed by atoms with E-state index in [1.54, 1.807) is 0 Å². The van der Waals surface area contributed by atoms with E-state index >= 15 is 0 Å². The van der Waals surface area contributed by atoms with Gasteiger partial charge in [0.15, 0.2) is 0 Å². The maximum atomic E-state index is 9.26. The van der Waals surface area contributed by atoms with Crippen LogP contribution in [-0.4, -0.2) is 11.2 Å². The lowest BCUT2D eigenvalue weighted by molar-refractivity contribution is 0.0798. The van der Waals surface area contributed by atoms with Gasteiger partial charge in [0.25, 0.3) is 0 Å². The molecule has 0 unspecified atom stereocenters. The summed E-state index contributed by atoms with van der Waals surface area (Å²) >= 11 is 0. The van der Waals surface area contributed by atoms with E-state index in [4.69, 9.17) is 0 Å². The lowest BCUT2D eigenvalue weighted by Crippen LogP contribution is -2.21. The minimum absolute atomic E-state index is 0.0394. The molecule has 1 N–H and O–H groups in total. The lowest BCUT2D eigenvalue weighted by atomic mass is 9.90. The molecule has 0 amide bonds. The van der Waals surface area contributed by atoms with Crippen LogP contribution < -0.4 is 0 Å². The van der Waals surface area contributed by atoms with Gasteiger partial charge in [-0.05, 0) is 18.3 Å². The quantitative estimate of drug-likeness (QED) is 0.506. The van der Waals surface area contributed by atoms with Crippen molar-refractivity contribution in [2.45, 2.75) is 39.2 Å². The molecule has 0 bridgehead atoms. The number of hydrogen-bond donors (Lipinski definition) is 1. The first-order valence-corrected chi connectivity index (χ1v) is 3.31. The summed E-state index contributed by atoms with van der Waals surface area (Å²) in [5.74, 6) is 0. The molecule has 0 aromatic carbocycles. The Morgan fingerprint density at radius 2 is 2.12 bits per heavy atom. The highest BCUT2D eigenvalue weighted by atomic mass is 16.3. The molecule has 1 aliphatic rings. The zero-order valence-corrected chi connectivity index (χ0v) is 5.65. The minimum Gasteiger partial charge on any atom is -0.393 e. The second kappa shape index (κ2) is 1.73. The number of aliphatic hydroxyl groups excluding tert-OH is 1. The average Bonchev–Trinajstić information content (AvgIpc) is 1.86. The third kappa shape index (κ3) is 0.873. The van der Waals surface area contributed by atoms with Crippen LogP contribution in [0.25, 0.3) is 0 Å². The molecular weight excluding hydrogens is 100 g/mol. The minimum atomic E-state index is -0.0394. The van der Waals surface area contributed by atoms with E-state index in [9.17, 15) is 5.11 Å². The van der Waals surface area contributed by atoms with E-state index in [-0.39, 0.29) is 11.5 Å². The van der Waals surface area contributed by atoms with Crippen molar-refractivity contribution in [2.24, 2.45) is 5.41 Å². The maximum Gasteiger partial charge on any atom is 0.0591 e. The van der Waals surface area contributed by atoms with E-state index in [0.717, 1.165) is 6.42 Å². The van der Waals surface area contributed by atoms with E-state index in [1.165, 1.54) is 12.8 Å². The fourth-order valence-corrected chi connectivity index (χ4v) is 1.31. The molecule has 1 rings (SSSR count). The smallest absolute Gasteiger partial charge is 0.0591 e. The van der Waals surface area contributed by atoms with Crippen molar-refractivity contribution in [3.8, 4) is 0 Å². The summed E-state index contributed by atoms with van der Waals surface area (Å²) < 4.78 is 0. The van der Waals surface area contributed by atoms with Crippen molar-refractivity contribution >= 4 is 0 Å². The first-order chi connectivity index (χ1) is 3.63. The molecule has 1 atom stereocenters. The van der Waals surface area contributed by atoms with Crippen molar-refractivity contribution in [1.82, 2.24) is 0 Å². The van der Waals surface area contributed by atoms with Crippen LogP contribution >= 0.6 is 0 Å². The van der Waals surface area contributed by atoms with Crippen molar-refractivity contribution in [3.63, 3.8) is 0 Å².